The van der Waals surface area contributed by atoms with Crippen LogP contribution in [0, 0.1) is 0 Å². The van der Waals surface area contributed by atoms with Gasteiger partial charge in [-0.1, -0.05) is 0 Å². The van der Waals surface area contributed by atoms with Crippen molar-refractivity contribution in [2.24, 2.45) is 0 Å². The standard InChI is InChI=1S/C8H10F5NO3/c9-7(10,8(11,12)13)4-17-6(1-5(15)16)2-14-3-6/h14H,1-4H2,(H,15,16). The molecule has 1 rings (SSSR count). The van der Waals surface area contributed by atoms with Crippen molar-refractivity contribution in [3.63, 3.8) is 0 Å². The van der Waals surface area contributed by atoms with Crippen LogP contribution in [0.15, 0.2) is 0 Å². The summed E-state index contributed by atoms with van der Waals surface area (Å²) in [7, 11) is 0. The minimum atomic E-state index is -5.70. The molecule has 4 nitrogen and oxygen atoms in total. The maximum absolute atomic E-state index is 12.5. The highest BCUT2D eigenvalue weighted by molar-refractivity contribution is 5.68. The Morgan fingerprint density at radius 3 is 2.12 bits per heavy atom. The van der Waals surface area contributed by atoms with Crippen molar-refractivity contribution in [1.29, 1.82) is 0 Å². The minimum absolute atomic E-state index is 0.0623. The van der Waals surface area contributed by atoms with E-state index < -0.39 is 36.7 Å². The van der Waals surface area contributed by atoms with Gasteiger partial charge in [0.05, 0.1) is 6.42 Å². The molecule has 2 N–H and O–H groups in total. The van der Waals surface area contributed by atoms with Crippen LogP contribution in [0.1, 0.15) is 6.42 Å². The molecule has 1 saturated heterocycles. The Kier molecular flexibility index (Phi) is 3.63. The fourth-order valence-corrected chi connectivity index (χ4v) is 1.28. The van der Waals surface area contributed by atoms with Gasteiger partial charge >= 0.3 is 18.1 Å². The van der Waals surface area contributed by atoms with E-state index in [9.17, 15) is 26.7 Å². The van der Waals surface area contributed by atoms with E-state index in [4.69, 9.17) is 5.11 Å². The first-order valence-corrected chi connectivity index (χ1v) is 4.59. The van der Waals surface area contributed by atoms with Crippen molar-refractivity contribution < 1.29 is 36.6 Å². The molecular weight excluding hydrogens is 253 g/mol. The van der Waals surface area contributed by atoms with E-state index in [1.54, 1.807) is 0 Å². The second-order valence-electron chi connectivity index (χ2n) is 3.85. The Balaban J connectivity index is 2.57. The summed E-state index contributed by atoms with van der Waals surface area (Å²) in [6, 6.07) is 0. The molecule has 0 aromatic rings. The maximum atomic E-state index is 12.5. The normalized spacial score (nSPS) is 19.8. The van der Waals surface area contributed by atoms with Gasteiger partial charge in [-0.05, 0) is 0 Å². The molecule has 0 aliphatic carbocycles. The fraction of sp³-hybridized carbons (Fsp3) is 0.875. The molecule has 1 aliphatic heterocycles. The molecule has 0 amide bonds. The number of aliphatic carboxylic acids is 1. The SMILES string of the molecule is O=C(O)CC1(OCC(F)(F)C(F)(F)F)CNC1. The molecule has 9 heteroatoms. The first kappa shape index (κ1) is 14.1. The summed E-state index contributed by atoms with van der Waals surface area (Å²) in [5.41, 5.74) is -1.47. The van der Waals surface area contributed by atoms with Gasteiger partial charge in [0.15, 0.2) is 0 Å². The predicted octanol–water partition coefficient (Wildman–Crippen LogP) is 1.02. The maximum Gasteiger partial charge on any atom is 0.455 e. The molecular formula is C8H10F5NO3. The lowest BCUT2D eigenvalue weighted by Crippen LogP contribution is -2.63. The zero-order valence-corrected chi connectivity index (χ0v) is 8.48. The van der Waals surface area contributed by atoms with Gasteiger partial charge in [0, 0.05) is 13.1 Å². The second-order valence-corrected chi connectivity index (χ2v) is 3.85. The van der Waals surface area contributed by atoms with Crippen LogP contribution in [0.25, 0.3) is 0 Å². The number of carbonyl (C=O) groups is 1. The van der Waals surface area contributed by atoms with Crippen LogP contribution in [0.2, 0.25) is 0 Å². The van der Waals surface area contributed by atoms with Gasteiger partial charge < -0.3 is 15.2 Å². The van der Waals surface area contributed by atoms with Crippen LogP contribution in [-0.4, -0.2) is 48.5 Å². The molecule has 100 valence electrons. The number of nitrogens with one attached hydrogen (secondary N) is 1. The Hall–Kier alpha value is -0.960. The van der Waals surface area contributed by atoms with Gasteiger partial charge in [0.1, 0.15) is 12.2 Å². The highest BCUT2D eigenvalue weighted by Gasteiger charge is 2.59. The largest absolute Gasteiger partial charge is 0.481 e. The van der Waals surface area contributed by atoms with E-state index >= 15 is 0 Å². The van der Waals surface area contributed by atoms with Gasteiger partial charge in [-0.15, -0.1) is 0 Å². The molecule has 0 aromatic heterocycles. The number of carboxylic acids is 1. The number of alkyl halides is 5. The minimum Gasteiger partial charge on any atom is -0.481 e. The summed E-state index contributed by atoms with van der Waals surface area (Å²) in [5, 5.41) is 11.1. The molecule has 1 aliphatic rings. The van der Waals surface area contributed by atoms with Crippen LogP contribution in [0.5, 0.6) is 0 Å². The third-order valence-electron chi connectivity index (χ3n) is 2.34. The molecule has 0 atom stereocenters. The molecule has 0 radical (unpaired) electrons. The summed E-state index contributed by atoms with van der Waals surface area (Å²) in [4.78, 5) is 10.4. The summed E-state index contributed by atoms with van der Waals surface area (Å²) < 4.78 is 65.0. The van der Waals surface area contributed by atoms with Gasteiger partial charge in [-0.3, -0.25) is 4.79 Å². The smallest absolute Gasteiger partial charge is 0.455 e. The predicted molar refractivity (Wildman–Crippen MR) is 44.8 cm³/mol. The van der Waals surface area contributed by atoms with Crippen LogP contribution >= 0.6 is 0 Å². The first-order valence-electron chi connectivity index (χ1n) is 4.59. The zero-order valence-electron chi connectivity index (χ0n) is 8.48. The monoisotopic (exact) mass is 263 g/mol. The van der Waals surface area contributed by atoms with Crippen LogP contribution in [0.3, 0.4) is 0 Å². The number of rotatable bonds is 5. The third kappa shape index (κ3) is 3.25. The number of halogens is 5. The van der Waals surface area contributed by atoms with E-state index in [-0.39, 0.29) is 13.1 Å². The average molecular weight is 263 g/mol. The van der Waals surface area contributed by atoms with Crippen molar-refractivity contribution in [3.05, 3.63) is 0 Å². The molecule has 17 heavy (non-hydrogen) atoms. The summed E-state index contributed by atoms with van der Waals surface area (Å²) in [6.45, 7) is -1.99. The van der Waals surface area contributed by atoms with E-state index in [1.807, 2.05) is 0 Å². The molecule has 0 bridgehead atoms. The van der Waals surface area contributed by atoms with Crippen molar-refractivity contribution in [3.8, 4) is 0 Å². The van der Waals surface area contributed by atoms with E-state index in [0.29, 0.717) is 0 Å². The lowest BCUT2D eigenvalue weighted by molar-refractivity contribution is -0.307. The van der Waals surface area contributed by atoms with Gasteiger partial charge in [0.25, 0.3) is 0 Å². The van der Waals surface area contributed by atoms with Crippen molar-refractivity contribution in [1.82, 2.24) is 5.32 Å². The summed E-state index contributed by atoms with van der Waals surface area (Å²) in [5.74, 6) is -6.30. The van der Waals surface area contributed by atoms with Crippen LogP contribution in [0.4, 0.5) is 22.0 Å². The summed E-state index contributed by atoms with van der Waals surface area (Å²) in [6.07, 6.45) is -6.32. The molecule has 0 unspecified atom stereocenters. The van der Waals surface area contributed by atoms with Gasteiger partial charge in [-0.2, -0.15) is 22.0 Å². The molecule has 0 saturated carbocycles. The topological polar surface area (TPSA) is 58.6 Å². The fourth-order valence-electron chi connectivity index (χ4n) is 1.28. The second kappa shape index (κ2) is 4.37. The highest BCUT2D eigenvalue weighted by atomic mass is 19.4. The van der Waals surface area contributed by atoms with E-state index in [1.165, 1.54) is 0 Å². The highest BCUT2D eigenvalue weighted by Crippen LogP contribution is 2.37. The van der Waals surface area contributed by atoms with Crippen LogP contribution < -0.4 is 5.32 Å². The van der Waals surface area contributed by atoms with Crippen molar-refractivity contribution >= 4 is 5.97 Å². The van der Waals surface area contributed by atoms with Crippen LogP contribution in [-0.2, 0) is 9.53 Å². The summed E-state index contributed by atoms with van der Waals surface area (Å²) >= 11 is 0. The quantitative estimate of drug-likeness (QED) is 0.727. The Labute approximate surface area is 92.7 Å². The Bertz CT molecular complexity index is 300. The average Bonchev–Trinajstić information content (AvgIpc) is 2.07. The van der Waals surface area contributed by atoms with E-state index in [2.05, 4.69) is 10.1 Å². The molecule has 1 fully saturated rings. The molecule has 0 spiro atoms. The lowest BCUT2D eigenvalue weighted by Gasteiger charge is -2.42. The first-order chi connectivity index (χ1) is 7.58. The number of carboxylic acid groups (broad SMARTS) is 1. The van der Waals surface area contributed by atoms with Crippen molar-refractivity contribution in [2.45, 2.75) is 24.1 Å². The van der Waals surface area contributed by atoms with Crippen molar-refractivity contribution in [2.75, 3.05) is 19.7 Å². The number of hydrogen-bond donors (Lipinski definition) is 2. The Morgan fingerprint density at radius 2 is 1.82 bits per heavy atom. The third-order valence-corrected chi connectivity index (χ3v) is 2.34. The number of hydrogen-bond acceptors (Lipinski definition) is 3. The molecule has 0 aromatic carbocycles. The lowest BCUT2D eigenvalue weighted by atomic mass is 9.92. The zero-order chi connectivity index (χ0) is 13.3. The van der Waals surface area contributed by atoms with Gasteiger partial charge in [0.2, 0.25) is 0 Å². The molecule has 1 heterocycles. The van der Waals surface area contributed by atoms with Gasteiger partial charge in [-0.25, -0.2) is 0 Å². The number of ether oxygens (including phenoxy) is 1. The Morgan fingerprint density at radius 1 is 1.29 bits per heavy atom. The van der Waals surface area contributed by atoms with E-state index in [0.717, 1.165) is 0 Å².